The van der Waals surface area contributed by atoms with Gasteiger partial charge in [-0.3, -0.25) is 0 Å². The van der Waals surface area contributed by atoms with Crippen molar-refractivity contribution in [3.05, 3.63) is 22.8 Å². The Bertz CT molecular complexity index is 328. The number of rotatable bonds is 3. The molecule has 1 aromatic rings. The van der Waals surface area contributed by atoms with E-state index in [0.29, 0.717) is 6.04 Å². The van der Waals surface area contributed by atoms with E-state index in [4.69, 9.17) is 0 Å². The van der Waals surface area contributed by atoms with Crippen LogP contribution in [0.5, 0.6) is 0 Å². The van der Waals surface area contributed by atoms with Crippen molar-refractivity contribution in [1.29, 1.82) is 0 Å². The van der Waals surface area contributed by atoms with Gasteiger partial charge < -0.3 is 5.32 Å². The molecule has 16 heavy (non-hydrogen) atoms. The number of halogens is 1. The number of hydrogen-bond acceptors (Lipinski definition) is 3. The highest BCUT2D eigenvalue weighted by Gasteiger charge is 2.21. The maximum absolute atomic E-state index is 4.42. The average molecular weight is 301 g/mol. The molecule has 2 atom stereocenters. The van der Waals surface area contributed by atoms with Gasteiger partial charge in [0.25, 0.3) is 0 Å². The Morgan fingerprint density at radius 2 is 2.31 bits per heavy atom. The lowest BCUT2D eigenvalue weighted by molar-refractivity contribution is 0.402. The summed E-state index contributed by atoms with van der Waals surface area (Å²) in [4.78, 5) is 4.42. The van der Waals surface area contributed by atoms with E-state index in [0.717, 1.165) is 14.7 Å². The van der Waals surface area contributed by atoms with Crippen LogP contribution in [-0.4, -0.2) is 23.3 Å². The van der Waals surface area contributed by atoms with E-state index in [1.54, 1.807) is 0 Å². The molecular weight excluding hydrogens is 284 g/mol. The van der Waals surface area contributed by atoms with Gasteiger partial charge in [0.2, 0.25) is 0 Å². The minimum atomic E-state index is 0.696. The van der Waals surface area contributed by atoms with Gasteiger partial charge in [0.15, 0.2) is 0 Å². The lowest BCUT2D eigenvalue weighted by Crippen LogP contribution is -2.32. The summed E-state index contributed by atoms with van der Waals surface area (Å²) in [6.07, 6.45) is 7.11. The first-order chi connectivity index (χ1) is 7.78. The molecule has 1 aliphatic carbocycles. The molecule has 1 N–H and O–H groups in total. The predicted octanol–water partition coefficient (Wildman–Crippen LogP) is 3.47. The van der Waals surface area contributed by atoms with E-state index >= 15 is 0 Å². The second kappa shape index (κ2) is 6.03. The Morgan fingerprint density at radius 3 is 3.00 bits per heavy atom. The van der Waals surface area contributed by atoms with E-state index in [-0.39, 0.29) is 0 Å². The van der Waals surface area contributed by atoms with Gasteiger partial charge in [-0.25, -0.2) is 4.98 Å². The highest BCUT2D eigenvalue weighted by molar-refractivity contribution is 9.10. The molecule has 2 rings (SSSR count). The molecule has 1 aromatic heterocycles. The second-order valence-electron chi connectivity index (χ2n) is 4.21. The molecular formula is C12H17BrN2S. The number of aromatic nitrogens is 1. The Labute approximate surface area is 110 Å². The molecule has 0 amide bonds. The summed E-state index contributed by atoms with van der Waals surface area (Å²) >= 11 is 5.33. The molecule has 2 nitrogen and oxygen atoms in total. The van der Waals surface area contributed by atoms with Crippen LogP contribution in [0.2, 0.25) is 0 Å². The maximum atomic E-state index is 4.42. The third kappa shape index (κ3) is 3.47. The summed E-state index contributed by atoms with van der Waals surface area (Å²) in [7, 11) is 2.07. The quantitative estimate of drug-likeness (QED) is 0.925. The smallest absolute Gasteiger partial charge is 0.0963 e. The Kier molecular flexibility index (Phi) is 4.67. The zero-order valence-electron chi connectivity index (χ0n) is 9.45. The second-order valence-corrected chi connectivity index (χ2v) is 6.44. The van der Waals surface area contributed by atoms with Crippen molar-refractivity contribution in [3.8, 4) is 0 Å². The summed E-state index contributed by atoms with van der Waals surface area (Å²) in [6.45, 7) is 0. The van der Waals surface area contributed by atoms with E-state index in [9.17, 15) is 0 Å². The third-order valence-electron chi connectivity index (χ3n) is 3.02. The lowest BCUT2D eigenvalue weighted by Gasteiger charge is -2.28. The first kappa shape index (κ1) is 12.4. The first-order valence-electron chi connectivity index (χ1n) is 5.73. The highest BCUT2D eigenvalue weighted by atomic mass is 79.9. The summed E-state index contributed by atoms with van der Waals surface area (Å²) in [5.41, 5.74) is 0. The standard InChI is InChI=1S/C12H17BrN2S/c1-14-10-3-2-4-11(7-10)16-12-6-5-9(13)8-15-12/h5-6,8,10-11,14H,2-4,7H2,1H3. The molecule has 1 heterocycles. The molecule has 0 aromatic carbocycles. The van der Waals surface area contributed by atoms with Crippen molar-refractivity contribution in [2.45, 2.75) is 42.0 Å². The number of thioether (sulfide) groups is 1. The zero-order valence-corrected chi connectivity index (χ0v) is 11.9. The fourth-order valence-electron chi connectivity index (χ4n) is 2.12. The largest absolute Gasteiger partial charge is 0.317 e. The molecule has 0 aliphatic heterocycles. The Hall–Kier alpha value is -0.0600. The van der Waals surface area contributed by atoms with Crippen LogP contribution in [-0.2, 0) is 0 Å². The molecule has 4 heteroatoms. The van der Waals surface area contributed by atoms with Crippen LogP contribution in [0.15, 0.2) is 27.8 Å². The van der Waals surface area contributed by atoms with E-state index < -0.39 is 0 Å². The van der Waals surface area contributed by atoms with Gasteiger partial charge in [-0.15, -0.1) is 11.8 Å². The number of pyridine rings is 1. The number of hydrogen-bond donors (Lipinski definition) is 1. The lowest BCUT2D eigenvalue weighted by atomic mass is 9.95. The fourth-order valence-corrected chi connectivity index (χ4v) is 3.57. The minimum Gasteiger partial charge on any atom is -0.317 e. The van der Waals surface area contributed by atoms with Crippen molar-refractivity contribution in [2.75, 3.05) is 7.05 Å². The Balaban J connectivity index is 1.91. The molecule has 1 saturated carbocycles. The van der Waals surface area contributed by atoms with E-state index in [1.165, 1.54) is 25.7 Å². The first-order valence-corrected chi connectivity index (χ1v) is 7.40. The van der Waals surface area contributed by atoms with Crippen molar-refractivity contribution < 1.29 is 0 Å². The van der Waals surface area contributed by atoms with Crippen LogP contribution in [0, 0.1) is 0 Å². The van der Waals surface area contributed by atoms with Crippen molar-refractivity contribution in [1.82, 2.24) is 10.3 Å². The molecule has 0 spiro atoms. The Morgan fingerprint density at radius 1 is 1.44 bits per heavy atom. The predicted molar refractivity (Wildman–Crippen MR) is 72.9 cm³/mol. The minimum absolute atomic E-state index is 0.696. The van der Waals surface area contributed by atoms with Crippen LogP contribution in [0.4, 0.5) is 0 Å². The normalized spacial score (nSPS) is 25.6. The molecule has 2 unspecified atom stereocenters. The van der Waals surface area contributed by atoms with E-state index in [2.05, 4.69) is 45.4 Å². The van der Waals surface area contributed by atoms with Crippen LogP contribution in [0.3, 0.4) is 0 Å². The van der Waals surface area contributed by atoms with Gasteiger partial charge in [0, 0.05) is 22.0 Å². The summed E-state index contributed by atoms with van der Waals surface area (Å²) in [6, 6.07) is 4.85. The van der Waals surface area contributed by atoms with Gasteiger partial charge in [-0.2, -0.15) is 0 Å². The zero-order chi connectivity index (χ0) is 11.4. The number of nitrogens with one attached hydrogen (secondary N) is 1. The van der Waals surface area contributed by atoms with Crippen LogP contribution in [0.1, 0.15) is 25.7 Å². The molecule has 1 fully saturated rings. The molecule has 0 bridgehead atoms. The van der Waals surface area contributed by atoms with Gasteiger partial charge in [-0.05, 0) is 54.4 Å². The van der Waals surface area contributed by atoms with Crippen molar-refractivity contribution >= 4 is 27.7 Å². The van der Waals surface area contributed by atoms with Crippen LogP contribution >= 0.6 is 27.7 Å². The summed E-state index contributed by atoms with van der Waals surface area (Å²) in [5, 5.41) is 5.25. The molecule has 88 valence electrons. The topological polar surface area (TPSA) is 24.9 Å². The third-order valence-corrected chi connectivity index (χ3v) is 4.74. The van der Waals surface area contributed by atoms with Gasteiger partial charge in [-0.1, -0.05) is 6.42 Å². The van der Waals surface area contributed by atoms with E-state index in [1.807, 2.05) is 18.0 Å². The average Bonchev–Trinajstić information content (AvgIpc) is 2.32. The van der Waals surface area contributed by atoms with Crippen LogP contribution in [0.25, 0.3) is 0 Å². The SMILES string of the molecule is CNC1CCCC(Sc2ccc(Br)cn2)C1. The highest BCUT2D eigenvalue weighted by Crippen LogP contribution is 2.32. The van der Waals surface area contributed by atoms with Crippen molar-refractivity contribution in [2.24, 2.45) is 0 Å². The van der Waals surface area contributed by atoms with Gasteiger partial charge in [0.1, 0.15) is 0 Å². The molecule has 0 saturated heterocycles. The maximum Gasteiger partial charge on any atom is 0.0963 e. The molecule has 0 radical (unpaired) electrons. The monoisotopic (exact) mass is 300 g/mol. The van der Waals surface area contributed by atoms with Gasteiger partial charge >= 0.3 is 0 Å². The molecule has 1 aliphatic rings. The van der Waals surface area contributed by atoms with Crippen LogP contribution < -0.4 is 5.32 Å². The summed E-state index contributed by atoms with van der Waals surface area (Å²) in [5.74, 6) is 0. The van der Waals surface area contributed by atoms with Crippen molar-refractivity contribution in [3.63, 3.8) is 0 Å². The number of nitrogens with zero attached hydrogens (tertiary/aromatic N) is 1. The van der Waals surface area contributed by atoms with Gasteiger partial charge in [0.05, 0.1) is 5.03 Å². The fraction of sp³-hybridized carbons (Fsp3) is 0.583. The summed E-state index contributed by atoms with van der Waals surface area (Å²) < 4.78 is 1.05.